The van der Waals surface area contributed by atoms with E-state index in [0.717, 1.165) is 0 Å². The Morgan fingerprint density at radius 3 is 1.83 bits per heavy atom. The molecule has 4 atom stereocenters. The molecule has 0 spiro atoms. The molecule has 2 aromatic carbocycles. The third kappa shape index (κ3) is 5.76. The molecule has 1 saturated carbocycles. The van der Waals surface area contributed by atoms with Gasteiger partial charge < -0.3 is 35.6 Å². The van der Waals surface area contributed by atoms with Crippen molar-refractivity contribution in [2.45, 2.75) is 23.4 Å². The van der Waals surface area contributed by atoms with Gasteiger partial charge in [-0.15, -0.1) is 6.58 Å². The van der Waals surface area contributed by atoms with E-state index in [9.17, 15) is 34.0 Å². The van der Waals surface area contributed by atoms with Crippen molar-refractivity contribution in [2.75, 3.05) is 0 Å². The molecule has 0 amide bonds. The molecule has 0 aromatic heterocycles. The molecule has 0 aliphatic heterocycles. The fraction of sp³-hybridized carbons (Fsp3) is 0.217. The molecule has 13 heteroatoms. The first-order valence-electron chi connectivity index (χ1n) is 10.2. The minimum Gasteiger partial charge on any atom is -0.479 e. The van der Waals surface area contributed by atoms with Gasteiger partial charge in [-0.1, -0.05) is 54.6 Å². The molecule has 36 heavy (non-hydrogen) atoms. The number of carbonyl (C=O) groups excluding carboxylic acids is 2. The van der Waals surface area contributed by atoms with Crippen LogP contribution in [0.5, 0.6) is 0 Å². The zero-order valence-corrected chi connectivity index (χ0v) is 19.5. The number of esters is 1. The van der Waals surface area contributed by atoms with Crippen molar-refractivity contribution in [2.24, 2.45) is 11.7 Å². The maximum atomic E-state index is 12.7. The number of Topliss-reactive ketones (excluding diaryl/α,β-unsaturated/α-hetero) is 1. The summed E-state index contributed by atoms with van der Waals surface area (Å²) in [6.45, 7) is 3.41. The van der Waals surface area contributed by atoms with Crippen LogP contribution >= 0.6 is 7.60 Å². The molecule has 1 aliphatic carbocycles. The largest absolute Gasteiger partial charge is 0.479 e. The zero-order valence-electron chi connectivity index (χ0n) is 18.6. The number of carboxylic acids is 2. The van der Waals surface area contributed by atoms with Crippen molar-refractivity contribution < 1.29 is 53.6 Å². The van der Waals surface area contributed by atoms with Crippen LogP contribution in [0.25, 0.3) is 0 Å². The lowest BCUT2D eigenvalue weighted by atomic mass is 9.87. The molecule has 1 aliphatic rings. The first kappa shape index (κ1) is 28.6. The van der Waals surface area contributed by atoms with Crippen LogP contribution in [0.2, 0.25) is 0 Å². The number of carbonyl (C=O) groups is 4. The molecular weight excluding hydrogens is 497 g/mol. The van der Waals surface area contributed by atoms with Crippen molar-refractivity contribution >= 4 is 31.3 Å². The lowest BCUT2D eigenvalue weighted by Gasteiger charge is -2.30. The Hall–Kier alpha value is -3.67. The van der Waals surface area contributed by atoms with Crippen molar-refractivity contribution in [1.29, 1.82) is 0 Å². The predicted octanol–water partition coefficient (Wildman–Crippen LogP) is 1.02. The van der Waals surface area contributed by atoms with Gasteiger partial charge in [0.05, 0.1) is 5.56 Å². The van der Waals surface area contributed by atoms with Crippen LogP contribution < -0.4 is 5.73 Å². The molecule has 3 rings (SSSR count). The lowest BCUT2D eigenvalue weighted by molar-refractivity contribution is -0.176. The Balaban J connectivity index is 0.000000380. The van der Waals surface area contributed by atoms with Gasteiger partial charge in [-0.3, -0.25) is 9.36 Å². The van der Waals surface area contributed by atoms with Crippen molar-refractivity contribution in [1.82, 2.24) is 0 Å². The fourth-order valence-corrected chi connectivity index (χ4v) is 4.13. The smallest absolute Gasteiger partial charge is 0.360 e. The maximum absolute atomic E-state index is 12.7. The summed E-state index contributed by atoms with van der Waals surface area (Å²) < 4.78 is 15.4. The Morgan fingerprint density at radius 2 is 1.50 bits per heavy atom. The summed E-state index contributed by atoms with van der Waals surface area (Å²) in [6.07, 6.45) is -0.986. The van der Waals surface area contributed by atoms with E-state index in [1.807, 2.05) is 0 Å². The maximum Gasteiger partial charge on any atom is 0.360 e. The summed E-state index contributed by atoms with van der Waals surface area (Å²) >= 11 is 0. The molecule has 1 fully saturated rings. The lowest BCUT2D eigenvalue weighted by Crippen LogP contribution is -2.61. The third-order valence-electron chi connectivity index (χ3n) is 5.43. The monoisotopic (exact) mass is 521 g/mol. The van der Waals surface area contributed by atoms with Crippen LogP contribution in [0, 0.1) is 5.92 Å². The first-order chi connectivity index (χ1) is 16.7. The summed E-state index contributed by atoms with van der Waals surface area (Å²) in [5, 5.41) is 27.3. The van der Waals surface area contributed by atoms with E-state index < -0.39 is 48.3 Å². The highest BCUT2D eigenvalue weighted by Gasteiger charge is 2.62. The summed E-state index contributed by atoms with van der Waals surface area (Å²) in [6, 6.07) is 13.9. The summed E-state index contributed by atoms with van der Waals surface area (Å²) in [7, 11) is -4.10. The fourth-order valence-electron chi connectivity index (χ4n) is 3.16. The Kier molecular flexibility index (Phi) is 8.68. The number of aliphatic hydroxyl groups excluding tert-OH is 1. The molecule has 0 unspecified atom stereocenters. The van der Waals surface area contributed by atoms with E-state index >= 15 is 0 Å². The molecule has 12 nitrogen and oxygen atoms in total. The van der Waals surface area contributed by atoms with Gasteiger partial charge in [0.25, 0.3) is 0 Å². The molecule has 0 radical (unpaired) electrons. The highest BCUT2D eigenvalue weighted by molar-refractivity contribution is 7.54. The number of aliphatic carboxylic acids is 2. The zero-order chi connectivity index (χ0) is 27.3. The summed E-state index contributed by atoms with van der Waals surface area (Å²) in [4.78, 5) is 65.4. The van der Waals surface area contributed by atoms with E-state index in [1.165, 1.54) is 54.6 Å². The quantitative estimate of drug-likeness (QED) is 0.0895. The average Bonchev–Trinajstić information content (AvgIpc) is 3.55. The van der Waals surface area contributed by atoms with E-state index in [2.05, 4.69) is 6.58 Å². The normalized spacial score (nSPS) is 20.9. The van der Waals surface area contributed by atoms with E-state index in [4.69, 9.17) is 25.4 Å². The van der Waals surface area contributed by atoms with E-state index in [-0.39, 0.29) is 17.0 Å². The van der Waals surface area contributed by atoms with Crippen LogP contribution in [0.3, 0.4) is 0 Å². The van der Waals surface area contributed by atoms with E-state index in [0.29, 0.717) is 6.42 Å². The number of hydrogen-bond acceptors (Lipinski definition) is 8. The third-order valence-corrected chi connectivity index (χ3v) is 7.03. The van der Waals surface area contributed by atoms with E-state index in [1.54, 1.807) is 12.1 Å². The highest BCUT2D eigenvalue weighted by Crippen LogP contribution is 2.65. The second-order valence-corrected chi connectivity index (χ2v) is 9.73. The van der Waals surface area contributed by atoms with Crippen molar-refractivity contribution in [3.05, 3.63) is 84.4 Å². The summed E-state index contributed by atoms with van der Waals surface area (Å²) in [5.74, 6) is -6.99. The number of benzene rings is 2. The van der Waals surface area contributed by atoms with Gasteiger partial charge in [0.1, 0.15) is 5.28 Å². The standard InChI is InChI=1S/C18H14O8.C5H10NO3P/c19-13(11-7-3-1-4-8-11)18(17(24)25,14(20)15(21)22)26-16(23)12-9-5-2-6-10-12;1-2-4-3-5(4,6)10(7,8)9/h1-10,14,20H,(H,21,22)(H,24,25);2,4H,1,3,6H2,(H2,7,8,9)/t14-,18+;4-,5-/m00/s1. The van der Waals surface area contributed by atoms with Gasteiger partial charge in [-0.2, -0.15) is 0 Å². The first-order valence-corrected chi connectivity index (χ1v) is 11.8. The number of rotatable bonds is 9. The average molecular weight is 521 g/mol. The molecule has 0 heterocycles. The Labute approximate surface area is 204 Å². The second-order valence-electron chi connectivity index (χ2n) is 7.81. The van der Waals surface area contributed by atoms with Gasteiger partial charge in [0, 0.05) is 11.5 Å². The van der Waals surface area contributed by atoms with Gasteiger partial charge in [0.15, 0.2) is 0 Å². The number of nitrogens with two attached hydrogens (primary N) is 1. The van der Waals surface area contributed by atoms with Crippen LogP contribution in [0.15, 0.2) is 73.3 Å². The topological polar surface area (TPSA) is 222 Å². The van der Waals surface area contributed by atoms with Gasteiger partial charge >= 0.3 is 31.1 Å². The second kappa shape index (κ2) is 10.9. The molecule has 192 valence electrons. The predicted molar refractivity (Wildman–Crippen MR) is 124 cm³/mol. The SMILES string of the molecule is C=C[C@H]1C[C@]1(N)P(=O)(O)O.O=C(O[C@](C(=O)O)(C(=O)c1ccccc1)[C@@H](O)C(=O)O)c1ccccc1. The number of ether oxygens (including phenoxy) is 1. The molecule has 7 N–H and O–H groups in total. The van der Waals surface area contributed by atoms with Crippen LogP contribution in [0.1, 0.15) is 27.1 Å². The Bertz CT molecular complexity index is 1200. The van der Waals surface area contributed by atoms with Gasteiger partial charge in [-0.05, 0) is 18.6 Å². The van der Waals surface area contributed by atoms with Crippen LogP contribution in [-0.4, -0.2) is 65.8 Å². The van der Waals surface area contributed by atoms with Gasteiger partial charge in [-0.25, -0.2) is 14.4 Å². The molecule has 2 aromatic rings. The number of carboxylic acid groups (broad SMARTS) is 2. The number of ketones is 1. The highest BCUT2D eigenvalue weighted by atomic mass is 31.2. The Morgan fingerprint density at radius 1 is 1.03 bits per heavy atom. The van der Waals surface area contributed by atoms with Crippen molar-refractivity contribution in [3.8, 4) is 0 Å². The molecule has 0 bridgehead atoms. The van der Waals surface area contributed by atoms with Gasteiger partial charge in [0.2, 0.25) is 11.9 Å². The minimum absolute atomic E-state index is 0.114. The number of hydrogen-bond donors (Lipinski definition) is 6. The van der Waals surface area contributed by atoms with Crippen LogP contribution in [0.4, 0.5) is 0 Å². The van der Waals surface area contributed by atoms with Crippen molar-refractivity contribution in [3.63, 3.8) is 0 Å². The minimum atomic E-state index is -4.10. The number of aliphatic hydroxyl groups is 1. The molecular formula is C23H24NO11P. The molecule has 0 saturated heterocycles. The summed E-state index contributed by atoms with van der Waals surface area (Å²) in [5.41, 5.74) is 1.64. The van der Waals surface area contributed by atoms with Crippen LogP contribution in [-0.2, 0) is 18.9 Å².